The Hall–Kier alpha value is -2.91. The largest absolute Gasteiger partial charge is 0.496 e. The summed E-state index contributed by atoms with van der Waals surface area (Å²) in [6, 6.07) is 7.42. The molecule has 0 unspecified atom stereocenters. The Bertz CT molecular complexity index is 1040. The molecule has 0 saturated heterocycles. The molecule has 2 aromatic rings. The van der Waals surface area contributed by atoms with Gasteiger partial charge in [0.05, 0.1) is 12.0 Å². The molecule has 0 spiro atoms. The summed E-state index contributed by atoms with van der Waals surface area (Å²) in [6.07, 6.45) is -1.13. The number of carbonyl (C=O) groups excluding carboxylic acids is 2. The van der Waals surface area contributed by atoms with E-state index in [2.05, 4.69) is 5.32 Å². The highest BCUT2D eigenvalue weighted by Crippen LogP contribution is 2.24. The standard InChI is InChI=1S/C20H24N2O6S/c1-11-8-12(2)18(13(3)9-11)22-19(23)14(4)28-20(24)16-10-15(29(21,25)26)6-7-17(16)27-5/h6-10,14H,1-5H3,(H,22,23)(H2,21,25,26)/t14-/m1/s1. The van der Waals surface area contributed by atoms with E-state index in [4.69, 9.17) is 14.6 Å². The number of nitrogens with one attached hydrogen (secondary N) is 1. The fourth-order valence-corrected chi connectivity index (χ4v) is 3.44. The van der Waals surface area contributed by atoms with E-state index in [9.17, 15) is 18.0 Å². The molecule has 0 bridgehead atoms. The van der Waals surface area contributed by atoms with Crippen molar-refractivity contribution in [3.05, 3.63) is 52.6 Å². The highest BCUT2D eigenvalue weighted by molar-refractivity contribution is 7.89. The van der Waals surface area contributed by atoms with Gasteiger partial charge >= 0.3 is 5.97 Å². The zero-order valence-electron chi connectivity index (χ0n) is 16.9. The van der Waals surface area contributed by atoms with Crippen molar-refractivity contribution in [2.45, 2.75) is 38.7 Å². The Kier molecular flexibility index (Phi) is 6.66. The van der Waals surface area contributed by atoms with Crippen molar-refractivity contribution >= 4 is 27.6 Å². The fraction of sp³-hybridized carbons (Fsp3) is 0.300. The molecule has 8 nitrogen and oxygen atoms in total. The molecule has 1 amide bonds. The van der Waals surface area contributed by atoms with Crippen LogP contribution in [0.1, 0.15) is 34.0 Å². The predicted molar refractivity (Wildman–Crippen MR) is 109 cm³/mol. The zero-order valence-corrected chi connectivity index (χ0v) is 17.7. The monoisotopic (exact) mass is 420 g/mol. The number of amides is 1. The van der Waals surface area contributed by atoms with Gasteiger partial charge in [-0.2, -0.15) is 0 Å². The minimum absolute atomic E-state index is 0.0974. The number of anilines is 1. The van der Waals surface area contributed by atoms with Gasteiger partial charge < -0.3 is 14.8 Å². The SMILES string of the molecule is COc1ccc(S(N)(=O)=O)cc1C(=O)O[C@H](C)C(=O)Nc1c(C)cc(C)cc1C. The summed E-state index contributed by atoms with van der Waals surface area (Å²) < 4.78 is 33.4. The number of nitrogens with two attached hydrogens (primary N) is 1. The molecule has 0 saturated carbocycles. The van der Waals surface area contributed by atoms with Gasteiger partial charge in [0.25, 0.3) is 5.91 Å². The smallest absolute Gasteiger partial charge is 0.342 e. The predicted octanol–water partition coefficient (Wildman–Crippen LogP) is 2.45. The highest BCUT2D eigenvalue weighted by Gasteiger charge is 2.24. The minimum atomic E-state index is -4.03. The maximum Gasteiger partial charge on any atom is 0.342 e. The Morgan fingerprint density at radius 1 is 1.07 bits per heavy atom. The van der Waals surface area contributed by atoms with Crippen LogP contribution in [0, 0.1) is 20.8 Å². The summed E-state index contributed by atoms with van der Waals surface area (Å²) in [5.41, 5.74) is 3.34. The van der Waals surface area contributed by atoms with Gasteiger partial charge in [-0.3, -0.25) is 4.79 Å². The summed E-state index contributed by atoms with van der Waals surface area (Å²) in [7, 11) is -2.70. The van der Waals surface area contributed by atoms with E-state index in [0.717, 1.165) is 22.8 Å². The third-order valence-corrected chi connectivity index (χ3v) is 5.21. The van der Waals surface area contributed by atoms with Crippen LogP contribution >= 0.6 is 0 Å². The Morgan fingerprint density at radius 3 is 2.17 bits per heavy atom. The lowest BCUT2D eigenvalue weighted by Crippen LogP contribution is -2.30. The lowest BCUT2D eigenvalue weighted by atomic mass is 10.0. The topological polar surface area (TPSA) is 125 Å². The van der Waals surface area contributed by atoms with Crippen LogP contribution in [0.4, 0.5) is 5.69 Å². The van der Waals surface area contributed by atoms with Crippen LogP contribution < -0.4 is 15.2 Å². The molecule has 29 heavy (non-hydrogen) atoms. The van der Waals surface area contributed by atoms with Crippen molar-refractivity contribution < 1.29 is 27.5 Å². The van der Waals surface area contributed by atoms with E-state index in [1.807, 2.05) is 32.9 Å². The van der Waals surface area contributed by atoms with Crippen LogP contribution in [0.25, 0.3) is 0 Å². The molecule has 9 heteroatoms. The summed E-state index contributed by atoms with van der Waals surface area (Å²) in [4.78, 5) is 24.8. The molecule has 3 N–H and O–H groups in total. The zero-order chi connectivity index (χ0) is 21.9. The first-order chi connectivity index (χ1) is 13.4. The number of hydrogen-bond acceptors (Lipinski definition) is 6. The number of ether oxygens (including phenoxy) is 2. The number of sulfonamides is 1. The number of primary sulfonamides is 1. The minimum Gasteiger partial charge on any atom is -0.496 e. The second kappa shape index (κ2) is 8.62. The van der Waals surface area contributed by atoms with Gasteiger partial charge in [-0.05, 0) is 57.0 Å². The molecule has 0 fully saturated rings. The summed E-state index contributed by atoms with van der Waals surface area (Å²) in [5.74, 6) is -1.33. The molecule has 0 heterocycles. The summed E-state index contributed by atoms with van der Waals surface area (Å²) in [6.45, 7) is 7.12. The van der Waals surface area contributed by atoms with Crippen LogP contribution in [-0.4, -0.2) is 33.5 Å². The van der Waals surface area contributed by atoms with Crippen molar-refractivity contribution in [1.82, 2.24) is 0 Å². The molecule has 0 aromatic heterocycles. The maximum absolute atomic E-state index is 12.5. The Balaban J connectivity index is 2.21. The summed E-state index contributed by atoms with van der Waals surface area (Å²) in [5, 5.41) is 7.87. The molecular weight excluding hydrogens is 396 g/mol. The number of methoxy groups -OCH3 is 1. The van der Waals surface area contributed by atoms with Crippen LogP contribution in [0.3, 0.4) is 0 Å². The second-order valence-corrected chi connectivity index (χ2v) is 8.28. The van der Waals surface area contributed by atoms with Crippen molar-refractivity contribution in [1.29, 1.82) is 0 Å². The average Bonchev–Trinajstić information content (AvgIpc) is 2.62. The lowest BCUT2D eigenvalue weighted by molar-refractivity contribution is -0.123. The van der Waals surface area contributed by atoms with E-state index in [0.29, 0.717) is 5.69 Å². The normalized spacial score (nSPS) is 12.2. The molecule has 156 valence electrons. The van der Waals surface area contributed by atoms with Crippen LogP contribution in [0.2, 0.25) is 0 Å². The lowest BCUT2D eigenvalue weighted by Gasteiger charge is -2.17. The molecule has 0 aliphatic heterocycles. The first kappa shape index (κ1) is 22.4. The quantitative estimate of drug-likeness (QED) is 0.692. The first-order valence-electron chi connectivity index (χ1n) is 8.74. The van der Waals surface area contributed by atoms with Gasteiger partial charge in [0, 0.05) is 5.69 Å². The van der Waals surface area contributed by atoms with Gasteiger partial charge in [-0.15, -0.1) is 0 Å². The number of carbonyl (C=O) groups is 2. The number of hydrogen-bond donors (Lipinski definition) is 2. The molecule has 2 rings (SSSR count). The Labute approximate surface area is 170 Å². The van der Waals surface area contributed by atoms with Crippen LogP contribution in [0.5, 0.6) is 5.75 Å². The highest BCUT2D eigenvalue weighted by atomic mass is 32.2. The molecule has 0 radical (unpaired) electrons. The molecule has 2 aromatic carbocycles. The number of esters is 1. The van der Waals surface area contributed by atoms with Gasteiger partial charge in [0.2, 0.25) is 10.0 Å². The third-order valence-electron chi connectivity index (χ3n) is 4.30. The third kappa shape index (κ3) is 5.33. The molecule has 0 aliphatic rings. The van der Waals surface area contributed by atoms with Crippen LogP contribution in [-0.2, 0) is 19.6 Å². The van der Waals surface area contributed by atoms with Gasteiger partial charge in [-0.25, -0.2) is 18.4 Å². The Morgan fingerprint density at radius 2 is 1.66 bits per heavy atom. The van der Waals surface area contributed by atoms with Crippen molar-refractivity contribution in [3.8, 4) is 5.75 Å². The van der Waals surface area contributed by atoms with E-state index < -0.39 is 28.0 Å². The van der Waals surface area contributed by atoms with Crippen LogP contribution in [0.15, 0.2) is 35.2 Å². The van der Waals surface area contributed by atoms with Crippen molar-refractivity contribution in [2.24, 2.45) is 5.14 Å². The number of rotatable bonds is 6. The average molecular weight is 420 g/mol. The molecule has 0 aliphatic carbocycles. The van der Waals surface area contributed by atoms with E-state index in [1.165, 1.54) is 26.2 Å². The van der Waals surface area contributed by atoms with Gasteiger partial charge in [0.1, 0.15) is 11.3 Å². The summed E-state index contributed by atoms with van der Waals surface area (Å²) >= 11 is 0. The number of aryl methyl sites for hydroxylation is 3. The van der Waals surface area contributed by atoms with Crippen molar-refractivity contribution in [3.63, 3.8) is 0 Å². The molecular formula is C20H24N2O6S. The first-order valence-corrected chi connectivity index (χ1v) is 10.3. The molecule has 1 atom stereocenters. The van der Waals surface area contributed by atoms with Crippen molar-refractivity contribution in [2.75, 3.05) is 12.4 Å². The number of benzene rings is 2. The van der Waals surface area contributed by atoms with Gasteiger partial charge in [0.15, 0.2) is 6.10 Å². The van der Waals surface area contributed by atoms with E-state index in [-0.39, 0.29) is 16.2 Å². The fourth-order valence-electron chi connectivity index (χ4n) is 2.90. The van der Waals surface area contributed by atoms with E-state index in [1.54, 1.807) is 0 Å². The second-order valence-electron chi connectivity index (χ2n) is 6.72. The van der Waals surface area contributed by atoms with Gasteiger partial charge in [-0.1, -0.05) is 17.7 Å². The maximum atomic E-state index is 12.5. The van der Waals surface area contributed by atoms with E-state index >= 15 is 0 Å².